The molecule has 1 aromatic rings. The molecule has 0 N–H and O–H groups in total. The molecule has 0 radical (unpaired) electrons. The van der Waals surface area contributed by atoms with Gasteiger partial charge in [-0.15, -0.1) is 0 Å². The zero-order valence-electron chi connectivity index (χ0n) is 14.9. The van der Waals surface area contributed by atoms with E-state index in [0.717, 1.165) is 64.4 Å². The van der Waals surface area contributed by atoms with Crippen LogP contribution in [0.25, 0.3) is 0 Å². The van der Waals surface area contributed by atoms with E-state index in [4.69, 9.17) is 4.74 Å². The van der Waals surface area contributed by atoms with Gasteiger partial charge in [0.05, 0.1) is 13.2 Å². The SMILES string of the molecule is O=C(C1CCCC1)N1CCCC2(COCCN(c3ncccn3)C2)C1. The number of carbonyl (C=O) groups is 1. The zero-order chi connectivity index (χ0) is 17.1. The number of nitrogens with zero attached hydrogens (tertiary/aromatic N) is 4. The predicted molar refractivity (Wildman–Crippen MR) is 95.3 cm³/mol. The second-order valence-corrected chi connectivity index (χ2v) is 7.87. The molecular weight excluding hydrogens is 316 g/mol. The third-order valence-electron chi connectivity index (χ3n) is 5.95. The lowest BCUT2D eigenvalue weighted by Gasteiger charge is -2.44. The van der Waals surface area contributed by atoms with Gasteiger partial charge in [-0.2, -0.15) is 0 Å². The minimum atomic E-state index is 0.00220. The fourth-order valence-corrected chi connectivity index (χ4v) is 4.69. The van der Waals surface area contributed by atoms with Gasteiger partial charge in [0.1, 0.15) is 0 Å². The molecule has 1 aromatic heterocycles. The Morgan fingerprint density at radius 2 is 1.92 bits per heavy atom. The predicted octanol–water partition coefficient (Wildman–Crippen LogP) is 2.11. The third-order valence-corrected chi connectivity index (χ3v) is 5.95. The highest BCUT2D eigenvalue weighted by atomic mass is 16.5. The largest absolute Gasteiger partial charge is 0.379 e. The van der Waals surface area contributed by atoms with Crippen LogP contribution in [0.2, 0.25) is 0 Å². The maximum absolute atomic E-state index is 12.9. The molecule has 1 amide bonds. The summed E-state index contributed by atoms with van der Waals surface area (Å²) in [6, 6.07) is 1.84. The number of hydrogen-bond donors (Lipinski definition) is 0. The Labute approximate surface area is 149 Å². The Balaban J connectivity index is 1.49. The Hall–Kier alpha value is -1.69. The van der Waals surface area contributed by atoms with Gasteiger partial charge in [-0.1, -0.05) is 12.8 Å². The van der Waals surface area contributed by atoms with Crippen LogP contribution in [0, 0.1) is 11.3 Å². The first-order chi connectivity index (χ1) is 12.3. The average Bonchev–Trinajstić information content (AvgIpc) is 3.12. The standard InChI is InChI=1S/C19H28N4O2/c24-17(16-5-1-2-6-16)22-10-3-7-19(13-22)14-23(11-12-25-15-19)18-20-8-4-9-21-18/h4,8-9,16H,1-3,5-7,10-15H2. The number of likely N-dealkylation sites (tertiary alicyclic amines) is 1. The van der Waals surface area contributed by atoms with Gasteiger partial charge in [-0.05, 0) is 31.7 Å². The highest BCUT2D eigenvalue weighted by molar-refractivity contribution is 5.79. The molecule has 3 heterocycles. The van der Waals surface area contributed by atoms with Crippen LogP contribution in [0.1, 0.15) is 38.5 Å². The summed E-state index contributed by atoms with van der Waals surface area (Å²) < 4.78 is 5.96. The summed E-state index contributed by atoms with van der Waals surface area (Å²) in [5.74, 6) is 1.41. The highest BCUT2D eigenvalue weighted by Crippen LogP contribution is 2.36. The quantitative estimate of drug-likeness (QED) is 0.822. The molecule has 6 heteroatoms. The molecule has 1 atom stereocenters. The molecule has 136 valence electrons. The Kier molecular flexibility index (Phi) is 4.88. The second kappa shape index (κ2) is 7.28. The fourth-order valence-electron chi connectivity index (χ4n) is 4.69. The number of hydrogen-bond acceptors (Lipinski definition) is 5. The summed E-state index contributed by atoms with van der Waals surface area (Å²) in [4.78, 5) is 26.1. The lowest BCUT2D eigenvalue weighted by molar-refractivity contribution is -0.139. The molecule has 6 nitrogen and oxygen atoms in total. The zero-order valence-corrected chi connectivity index (χ0v) is 14.9. The van der Waals surface area contributed by atoms with Crippen LogP contribution in [0.4, 0.5) is 5.95 Å². The molecule has 4 rings (SSSR count). The van der Waals surface area contributed by atoms with E-state index in [-0.39, 0.29) is 11.3 Å². The lowest BCUT2D eigenvalue weighted by Crippen LogP contribution is -2.53. The van der Waals surface area contributed by atoms with Gasteiger partial charge in [0.2, 0.25) is 11.9 Å². The number of ether oxygens (including phenoxy) is 1. The molecule has 1 saturated carbocycles. The molecular formula is C19H28N4O2. The highest BCUT2D eigenvalue weighted by Gasteiger charge is 2.42. The Morgan fingerprint density at radius 1 is 1.12 bits per heavy atom. The summed E-state index contributed by atoms with van der Waals surface area (Å²) in [6.07, 6.45) is 10.3. The van der Waals surface area contributed by atoms with E-state index in [2.05, 4.69) is 19.8 Å². The molecule has 0 bridgehead atoms. The number of amides is 1. The van der Waals surface area contributed by atoms with E-state index in [1.165, 1.54) is 12.8 Å². The van der Waals surface area contributed by atoms with Crippen LogP contribution in [0.15, 0.2) is 18.5 Å². The molecule has 2 saturated heterocycles. The van der Waals surface area contributed by atoms with Crippen molar-refractivity contribution < 1.29 is 9.53 Å². The van der Waals surface area contributed by atoms with E-state index in [9.17, 15) is 4.79 Å². The Bertz CT molecular complexity index is 590. The van der Waals surface area contributed by atoms with Crippen LogP contribution in [-0.4, -0.2) is 60.2 Å². The average molecular weight is 344 g/mol. The second-order valence-electron chi connectivity index (χ2n) is 7.87. The first-order valence-electron chi connectivity index (χ1n) is 9.64. The van der Waals surface area contributed by atoms with Crippen LogP contribution in [-0.2, 0) is 9.53 Å². The molecule has 0 aromatic carbocycles. The van der Waals surface area contributed by atoms with Crippen molar-refractivity contribution in [2.45, 2.75) is 38.5 Å². The summed E-state index contributed by atoms with van der Waals surface area (Å²) in [5, 5.41) is 0. The minimum Gasteiger partial charge on any atom is -0.379 e. The molecule has 2 aliphatic heterocycles. The molecule has 3 aliphatic rings. The maximum Gasteiger partial charge on any atom is 0.225 e. The number of rotatable bonds is 2. The van der Waals surface area contributed by atoms with Crippen molar-refractivity contribution in [1.29, 1.82) is 0 Å². The van der Waals surface area contributed by atoms with Crippen molar-refractivity contribution in [3.05, 3.63) is 18.5 Å². The molecule has 25 heavy (non-hydrogen) atoms. The van der Waals surface area contributed by atoms with Crippen molar-refractivity contribution in [3.63, 3.8) is 0 Å². The third kappa shape index (κ3) is 3.64. The van der Waals surface area contributed by atoms with Crippen LogP contribution in [0.5, 0.6) is 0 Å². The van der Waals surface area contributed by atoms with Gasteiger partial charge in [0.25, 0.3) is 0 Å². The first kappa shape index (κ1) is 16.8. The van der Waals surface area contributed by atoms with Gasteiger partial charge < -0.3 is 14.5 Å². The van der Waals surface area contributed by atoms with E-state index < -0.39 is 0 Å². The van der Waals surface area contributed by atoms with Crippen LogP contribution in [0.3, 0.4) is 0 Å². The normalized spacial score (nSPS) is 28.3. The first-order valence-corrected chi connectivity index (χ1v) is 9.64. The van der Waals surface area contributed by atoms with Crippen molar-refractivity contribution in [3.8, 4) is 0 Å². The molecule has 1 spiro atoms. The molecule has 3 fully saturated rings. The summed E-state index contributed by atoms with van der Waals surface area (Å²) in [7, 11) is 0. The van der Waals surface area contributed by atoms with Crippen LogP contribution >= 0.6 is 0 Å². The number of aromatic nitrogens is 2. The minimum absolute atomic E-state index is 0.00220. The van der Waals surface area contributed by atoms with E-state index in [0.29, 0.717) is 12.5 Å². The van der Waals surface area contributed by atoms with Crippen LogP contribution < -0.4 is 4.90 Å². The fraction of sp³-hybridized carbons (Fsp3) is 0.737. The maximum atomic E-state index is 12.9. The van der Waals surface area contributed by atoms with Gasteiger partial charge in [0.15, 0.2) is 0 Å². The van der Waals surface area contributed by atoms with Crippen molar-refractivity contribution in [1.82, 2.24) is 14.9 Å². The van der Waals surface area contributed by atoms with Crippen molar-refractivity contribution in [2.75, 3.05) is 44.3 Å². The Morgan fingerprint density at radius 3 is 2.72 bits per heavy atom. The van der Waals surface area contributed by atoms with Gasteiger partial charge >= 0.3 is 0 Å². The van der Waals surface area contributed by atoms with Gasteiger partial charge in [0, 0.05) is 49.9 Å². The number of piperidine rings is 1. The van der Waals surface area contributed by atoms with Gasteiger partial charge in [-0.25, -0.2) is 9.97 Å². The molecule has 1 unspecified atom stereocenters. The number of anilines is 1. The van der Waals surface area contributed by atoms with Gasteiger partial charge in [-0.3, -0.25) is 4.79 Å². The van der Waals surface area contributed by atoms with Crippen molar-refractivity contribution >= 4 is 11.9 Å². The van der Waals surface area contributed by atoms with Crippen molar-refractivity contribution in [2.24, 2.45) is 11.3 Å². The number of carbonyl (C=O) groups excluding carboxylic acids is 1. The smallest absolute Gasteiger partial charge is 0.225 e. The van der Waals surface area contributed by atoms with E-state index in [1.54, 1.807) is 12.4 Å². The monoisotopic (exact) mass is 344 g/mol. The summed E-state index contributed by atoms with van der Waals surface area (Å²) in [5.41, 5.74) is 0.00220. The molecule has 1 aliphatic carbocycles. The topological polar surface area (TPSA) is 58.6 Å². The summed E-state index contributed by atoms with van der Waals surface area (Å²) >= 11 is 0. The summed E-state index contributed by atoms with van der Waals surface area (Å²) in [6.45, 7) is 4.81. The lowest BCUT2D eigenvalue weighted by atomic mass is 9.79. The van der Waals surface area contributed by atoms with E-state index in [1.807, 2.05) is 6.07 Å². The van der Waals surface area contributed by atoms with E-state index >= 15 is 0 Å².